The highest BCUT2D eigenvalue weighted by Gasteiger charge is 2.01. The van der Waals surface area contributed by atoms with Crippen molar-refractivity contribution in [2.45, 2.75) is 27.7 Å². The molecule has 0 aromatic carbocycles. The van der Waals surface area contributed by atoms with E-state index in [1.807, 2.05) is 18.7 Å². The summed E-state index contributed by atoms with van der Waals surface area (Å²) in [7, 11) is 1.97. The lowest BCUT2D eigenvalue weighted by Gasteiger charge is -1.90. The lowest BCUT2D eigenvalue weighted by molar-refractivity contribution is -0.128. The van der Waals surface area contributed by atoms with Gasteiger partial charge >= 0.3 is 0 Å². The van der Waals surface area contributed by atoms with Crippen LogP contribution in [0, 0.1) is 20.8 Å². The van der Waals surface area contributed by atoms with Crippen LogP contribution in [0.1, 0.15) is 23.9 Å². The summed E-state index contributed by atoms with van der Waals surface area (Å²) in [5.41, 5.74) is 3.69. The maximum Gasteiger partial charge on any atom is 0.293 e. The van der Waals surface area contributed by atoms with Crippen molar-refractivity contribution in [1.29, 1.82) is 0 Å². The SMILES string of the molecule is CCOC=O.Cc1nn(C)c(C)c1C. The van der Waals surface area contributed by atoms with E-state index in [1.165, 1.54) is 11.3 Å². The molecule has 0 aliphatic carbocycles. The first kappa shape index (κ1) is 12.7. The number of aromatic nitrogens is 2. The average molecular weight is 198 g/mol. The molecule has 0 atom stereocenters. The highest BCUT2D eigenvalue weighted by Crippen LogP contribution is 2.08. The fourth-order valence-electron chi connectivity index (χ4n) is 0.948. The Morgan fingerprint density at radius 2 is 2.00 bits per heavy atom. The van der Waals surface area contributed by atoms with Gasteiger partial charge in [0, 0.05) is 12.7 Å². The van der Waals surface area contributed by atoms with Crippen LogP contribution in [0.3, 0.4) is 0 Å². The second-order valence-electron chi connectivity index (χ2n) is 2.97. The Kier molecular flexibility index (Phi) is 5.60. The van der Waals surface area contributed by atoms with Crippen molar-refractivity contribution in [2.75, 3.05) is 6.61 Å². The average Bonchev–Trinajstić information content (AvgIpc) is 2.36. The Labute approximate surface area is 84.9 Å². The molecule has 4 nitrogen and oxygen atoms in total. The predicted molar refractivity (Wildman–Crippen MR) is 55.1 cm³/mol. The lowest BCUT2D eigenvalue weighted by atomic mass is 10.2. The number of carbonyl (C=O) groups is 1. The Hall–Kier alpha value is -1.32. The standard InChI is InChI=1S/C7H12N2.C3H6O2/c1-5-6(2)8-9(4)7(5)3;1-2-5-3-4/h1-4H3;3H,2H2,1H3. The first-order valence-corrected chi connectivity index (χ1v) is 4.56. The molecule has 0 aliphatic heterocycles. The van der Waals surface area contributed by atoms with Gasteiger partial charge in [-0.25, -0.2) is 0 Å². The molecule has 0 spiro atoms. The van der Waals surface area contributed by atoms with Gasteiger partial charge in [-0.3, -0.25) is 9.48 Å². The fraction of sp³-hybridized carbons (Fsp3) is 0.600. The minimum Gasteiger partial charge on any atom is -0.468 e. The Morgan fingerprint density at radius 1 is 1.43 bits per heavy atom. The summed E-state index contributed by atoms with van der Waals surface area (Å²) < 4.78 is 6.06. The number of hydrogen-bond acceptors (Lipinski definition) is 3. The third-order valence-electron chi connectivity index (χ3n) is 2.11. The van der Waals surface area contributed by atoms with Crippen molar-refractivity contribution in [1.82, 2.24) is 9.78 Å². The van der Waals surface area contributed by atoms with Crippen LogP contribution in [0.25, 0.3) is 0 Å². The van der Waals surface area contributed by atoms with E-state index in [2.05, 4.69) is 23.7 Å². The molecule has 0 fully saturated rings. The highest BCUT2D eigenvalue weighted by molar-refractivity contribution is 5.36. The second kappa shape index (κ2) is 6.18. The second-order valence-corrected chi connectivity index (χ2v) is 2.97. The normalized spacial score (nSPS) is 8.93. The van der Waals surface area contributed by atoms with Gasteiger partial charge in [0.15, 0.2) is 0 Å². The Bertz CT molecular complexity index is 270. The van der Waals surface area contributed by atoms with Crippen LogP contribution in [0.4, 0.5) is 0 Å². The Balaban J connectivity index is 0.000000292. The van der Waals surface area contributed by atoms with E-state index in [0.717, 1.165) is 5.69 Å². The number of ether oxygens (including phenoxy) is 1. The molecule has 0 saturated heterocycles. The zero-order valence-corrected chi connectivity index (χ0v) is 9.50. The van der Waals surface area contributed by atoms with Gasteiger partial charge in [0.1, 0.15) is 0 Å². The minimum absolute atomic E-state index is 0.431. The van der Waals surface area contributed by atoms with Gasteiger partial charge in [-0.15, -0.1) is 0 Å². The van der Waals surface area contributed by atoms with Gasteiger partial charge < -0.3 is 4.74 Å². The van der Waals surface area contributed by atoms with E-state index >= 15 is 0 Å². The van der Waals surface area contributed by atoms with Crippen molar-refractivity contribution in [3.05, 3.63) is 17.0 Å². The monoisotopic (exact) mass is 198 g/mol. The van der Waals surface area contributed by atoms with E-state index in [-0.39, 0.29) is 0 Å². The molecule has 0 N–H and O–H groups in total. The molecule has 0 saturated carbocycles. The largest absolute Gasteiger partial charge is 0.468 e. The maximum absolute atomic E-state index is 9.18. The van der Waals surface area contributed by atoms with Crippen LogP contribution in [-0.4, -0.2) is 22.9 Å². The summed E-state index contributed by atoms with van der Waals surface area (Å²) in [6.45, 7) is 8.87. The molecule has 1 aromatic heterocycles. The van der Waals surface area contributed by atoms with Crippen molar-refractivity contribution in [2.24, 2.45) is 7.05 Å². The van der Waals surface area contributed by atoms with Crippen LogP contribution in [0.15, 0.2) is 0 Å². The number of hydrogen-bond donors (Lipinski definition) is 0. The summed E-state index contributed by atoms with van der Waals surface area (Å²) in [6, 6.07) is 0. The Morgan fingerprint density at radius 3 is 2.07 bits per heavy atom. The topological polar surface area (TPSA) is 44.1 Å². The molecule has 0 unspecified atom stereocenters. The molecular formula is C10H18N2O2. The van der Waals surface area contributed by atoms with Crippen LogP contribution in [0.2, 0.25) is 0 Å². The van der Waals surface area contributed by atoms with Crippen molar-refractivity contribution >= 4 is 6.47 Å². The van der Waals surface area contributed by atoms with Gasteiger partial charge in [-0.1, -0.05) is 0 Å². The molecule has 14 heavy (non-hydrogen) atoms. The summed E-state index contributed by atoms with van der Waals surface area (Å²) in [5, 5.41) is 4.23. The van der Waals surface area contributed by atoms with E-state index in [0.29, 0.717) is 13.1 Å². The first-order chi connectivity index (χ1) is 6.54. The van der Waals surface area contributed by atoms with E-state index in [9.17, 15) is 4.79 Å². The highest BCUT2D eigenvalue weighted by atomic mass is 16.5. The minimum atomic E-state index is 0.431. The van der Waals surface area contributed by atoms with Gasteiger partial charge in [-0.05, 0) is 33.3 Å². The molecule has 0 bridgehead atoms. The summed E-state index contributed by atoms with van der Waals surface area (Å²) in [5.74, 6) is 0. The predicted octanol–water partition coefficient (Wildman–Crippen LogP) is 1.52. The molecule has 1 aromatic rings. The summed E-state index contributed by atoms with van der Waals surface area (Å²) in [6.07, 6.45) is 0. The fourth-order valence-corrected chi connectivity index (χ4v) is 0.948. The summed E-state index contributed by atoms with van der Waals surface area (Å²) >= 11 is 0. The van der Waals surface area contributed by atoms with E-state index < -0.39 is 0 Å². The number of carbonyl (C=O) groups excluding carboxylic acids is 1. The van der Waals surface area contributed by atoms with Crippen molar-refractivity contribution in [3.8, 4) is 0 Å². The van der Waals surface area contributed by atoms with E-state index in [1.54, 1.807) is 6.92 Å². The van der Waals surface area contributed by atoms with Crippen LogP contribution in [0.5, 0.6) is 0 Å². The molecule has 0 amide bonds. The molecule has 0 radical (unpaired) electrons. The number of nitrogens with zero attached hydrogens (tertiary/aromatic N) is 2. The molecule has 0 aliphatic rings. The quantitative estimate of drug-likeness (QED) is 0.677. The van der Waals surface area contributed by atoms with Crippen LogP contribution < -0.4 is 0 Å². The van der Waals surface area contributed by atoms with Crippen LogP contribution >= 0.6 is 0 Å². The molecule has 1 rings (SSSR count). The molecule has 1 heterocycles. The zero-order chi connectivity index (χ0) is 11.1. The molecular weight excluding hydrogens is 180 g/mol. The smallest absolute Gasteiger partial charge is 0.293 e. The maximum atomic E-state index is 9.18. The summed E-state index contributed by atoms with van der Waals surface area (Å²) in [4.78, 5) is 9.18. The third kappa shape index (κ3) is 3.60. The van der Waals surface area contributed by atoms with Crippen molar-refractivity contribution < 1.29 is 9.53 Å². The van der Waals surface area contributed by atoms with Gasteiger partial charge in [0.2, 0.25) is 0 Å². The van der Waals surface area contributed by atoms with Crippen molar-refractivity contribution in [3.63, 3.8) is 0 Å². The van der Waals surface area contributed by atoms with Gasteiger partial charge in [-0.2, -0.15) is 5.10 Å². The molecule has 4 heteroatoms. The number of rotatable bonds is 2. The lowest BCUT2D eigenvalue weighted by Crippen LogP contribution is -1.92. The van der Waals surface area contributed by atoms with Crippen LogP contribution in [-0.2, 0) is 16.6 Å². The third-order valence-corrected chi connectivity index (χ3v) is 2.11. The van der Waals surface area contributed by atoms with Gasteiger partial charge in [0.05, 0.1) is 12.3 Å². The van der Waals surface area contributed by atoms with Gasteiger partial charge in [0.25, 0.3) is 6.47 Å². The first-order valence-electron chi connectivity index (χ1n) is 4.56. The number of aryl methyl sites for hydroxylation is 2. The zero-order valence-electron chi connectivity index (χ0n) is 9.50. The van der Waals surface area contributed by atoms with E-state index in [4.69, 9.17) is 0 Å². The molecule has 80 valence electrons.